The van der Waals surface area contributed by atoms with Crippen LogP contribution in [0, 0.1) is 30.6 Å². The molecule has 2 fully saturated rings. The third-order valence-corrected chi connectivity index (χ3v) is 6.43. The molecule has 2 aliphatic heterocycles. The van der Waals surface area contributed by atoms with Gasteiger partial charge in [-0.05, 0) is 44.2 Å². The molecule has 0 amide bonds. The standard InChI is InChI=1S/C23H25N7/c1-15-17(8-24)5-4-6-18(15)9-26-22-19-7-21(25-10-20(19)16(2)27-28-22)30-13-23(14-30)11-29(3)12-23/h4-7,10H,9,11-14H2,1-3H3,(H,26,28). The Hall–Kier alpha value is -3.24. The molecular weight excluding hydrogens is 374 g/mol. The highest BCUT2D eigenvalue weighted by molar-refractivity contribution is 5.94. The number of nitrogens with one attached hydrogen (secondary N) is 1. The Morgan fingerprint density at radius 3 is 2.67 bits per heavy atom. The van der Waals surface area contributed by atoms with Crippen molar-refractivity contribution in [2.75, 3.05) is 43.4 Å². The van der Waals surface area contributed by atoms with Gasteiger partial charge in [-0.15, -0.1) is 5.10 Å². The first kappa shape index (κ1) is 18.8. The van der Waals surface area contributed by atoms with Crippen molar-refractivity contribution in [3.8, 4) is 6.07 Å². The Morgan fingerprint density at radius 2 is 1.93 bits per heavy atom. The highest BCUT2D eigenvalue weighted by Crippen LogP contribution is 2.41. The maximum atomic E-state index is 9.28. The number of nitrogens with zero attached hydrogens (tertiary/aromatic N) is 6. The Kier molecular flexibility index (Phi) is 4.33. The van der Waals surface area contributed by atoms with Gasteiger partial charge in [0.25, 0.3) is 0 Å². The van der Waals surface area contributed by atoms with Crippen molar-refractivity contribution < 1.29 is 0 Å². The lowest BCUT2D eigenvalue weighted by molar-refractivity contribution is -0.00278. The molecule has 5 rings (SSSR count). The second-order valence-electron chi connectivity index (χ2n) is 8.81. The largest absolute Gasteiger partial charge is 0.364 e. The molecule has 7 heteroatoms. The number of benzene rings is 1. The molecule has 1 N–H and O–H groups in total. The SMILES string of the molecule is Cc1c(C#N)cccc1CNc1nnc(C)c2cnc(N3CC4(CN(C)C4)C3)cc12. The highest BCUT2D eigenvalue weighted by atomic mass is 15.3. The molecule has 0 aliphatic carbocycles. The van der Waals surface area contributed by atoms with E-state index in [-0.39, 0.29) is 0 Å². The normalized spacial score (nSPS) is 17.5. The van der Waals surface area contributed by atoms with Crippen LogP contribution in [0.25, 0.3) is 10.8 Å². The van der Waals surface area contributed by atoms with Gasteiger partial charge in [-0.25, -0.2) is 4.98 Å². The monoisotopic (exact) mass is 399 g/mol. The average Bonchev–Trinajstić information content (AvgIpc) is 2.70. The number of pyridine rings is 1. The Balaban J connectivity index is 1.41. The molecule has 0 atom stereocenters. The molecule has 0 bridgehead atoms. The smallest absolute Gasteiger partial charge is 0.157 e. The van der Waals surface area contributed by atoms with E-state index in [9.17, 15) is 5.26 Å². The fraction of sp³-hybridized carbons (Fsp3) is 0.391. The number of aryl methyl sites for hydroxylation is 1. The quantitative estimate of drug-likeness (QED) is 0.722. The lowest BCUT2D eigenvalue weighted by Gasteiger charge is -2.59. The van der Waals surface area contributed by atoms with Gasteiger partial charge in [-0.3, -0.25) is 0 Å². The summed E-state index contributed by atoms with van der Waals surface area (Å²) < 4.78 is 0. The molecule has 152 valence electrons. The molecule has 2 aliphatic rings. The molecule has 0 unspecified atom stereocenters. The van der Waals surface area contributed by atoms with Crippen LogP contribution in [0.5, 0.6) is 0 Å². The van der Waals surface area contributed by atoms with Crippen molar-refractivity contribution in [3.63, 3.8) is 0 Å². The number of hydrogen-bond donors (Lipinski definition) is 1. The van der Waals surface area contributed by atoms with Crippen LogP contribution in [-0.2, 0) is 6.54 Å². The number of rotatable bonds is 4. The predicted molar refractivity (Wildman–Crippen MR) is 117 cm³/mol. The van der Waals surface area contributed by atoms with E-state index in [1.54, 1.807) is 0 Å². The van der Waals surface area contributed by atoms with Gasteiger partial charge < -0.3 is 15.1 Å². The number of hydrogen-bond acceptors (Lipinski definition) is 7. The van der Waals surface area contributed by atoms with Gasteiger partial charge in [0, 0.05) is 55.1 Å². The highest BCUT2D eigenvalue weighted by Gasteiger charge is 2.50. The minimum Gasteiger partial charge on any atom is -0.364 e. The molecule has 0 saturated carbocycles. The third-order valence-electron chi connectivity index (χ3n) is 6.43. The van der Waals surface area contributed by atoms with Crippen LogP contribution in [0.4, 0.5) is 11.6 Å². The van der Waals surface area contributed by atoms with E-state index in [4.69, 9.17) is 4.98 Å². The van der Waals surface area contributed by atoms with E-state index in [0.717, 1.165) is 52.3 Å². The van der Waals surface area contributed by atoms with Crippen molar-refractivity contribution in [1.29, 1.82) is 5.26 Å². The molecule has 1 aromatic carbocycles. The van der Waals surface area contributed by atoms with E-state index < -0.39 is 0 Å². The minimum atomic E-state index is 0.460. The molecule has 0 radical (unpaired) electrons. The Bertz CT molecular complexity index is 1170. The maximum Gasteiger partial charge on any atom is 0.157 e. The summed E-state index contributed by atoms with van der Waals surface area (Å²) in [7, 11) is 2.18. The van der Waals surface area contributed by atoms with E-state index in [1.807, 2.05) is 38.2 Å². The lowest BCUT2D eigenvalue weighted by Crippen LogP contribution is -2.71. The zero-order valence-corrected chi connectivity index (χ0v) is 17.6. The molecule has 7 nitrogen and oxygen atoms in total. The van der Waals surface area contributed by atoms with Crippen LogP contribution in [-0.4, -0.2) is 53.3 Å². The Morgan fingerprint density at radius 1 is 1.13 bits per heavy atom. The zero-order chi connectivity index (χ0) is 20.9. The van der Waals surface area contributed by atoms with E-state index >= 15 is 0 Å². The van der Waals surface area contributed by atoms with Crippen molar-refractivity contribution in [2.24, 2.45) is 5.41 Å². The van der Waals surface area contributed by atoms with Crippen LogP contribution in [0.1, 0.15) is 22.4 Å². The maximum absolute atomic E-state index is 9.28. The number of aromatic nitrogens is 3. The molecule has 2 aromatic heterocycles. The first-order chi connectivity index (χ1) is 14.5. The summed E-state index contributed by atoms with van der Waals surface area (Å²) >= 11 is 0. The van der Waals surface area contributed by atoms with Crippen molar-refractivity contribution >= 4 is 22.4 Å². The second kappa shape index (κ2) is 6.92. The van der Waals surface area contributed by atoms with Gasteiger partial charge in [0.2, 0.25) is 0 Å². The first-order valence-electron chi connectivity index (χ1n) is 10.3. The van der Waals surface area contributed by atoms with Gasteiger partial charge in [-0.2, -0.15) is 10.4 Å². The van der Waals surface area contributed by atoms with E-state index in [0.29, 0.717) is 17.5 Å². The topological polar surface area (TPSA) is 81.0 Å². The van der Waals surface area contributed by atoms with Crippen molar-refractivity contribution in [1.82, 2.24) is 20.1 Å². The van der Waals surface area contributed by atoms with Gasteiger partial charge in [-0.1, -0.05) is 12.1 Å². The Labute approximate surface area is 176 Å². The molecule has 3 aromatic rings. The van der Waals surface area contributed by atoms with Crippen LogP contribution in [0.3, 0.4) is 0 Å². The number of likely N-dealkylation sites (tertiary alicyclic amines) is 1. The van der Waals surface area contributed by atoms with Crippen LogP contribution < -0.4 is 10.2 Å². The number of fused-ring (bicyclic) bond motifs is 1. The molecule has 1 spiro atoms. The van der Waals surface area contributed by atoms with Gasteiger partial charge >= 0.3 is 0 Å². The minimum absolute atomic E-state index is 0.460. The number of nitriles is 1. The van der Waals surface area contributed by atoms with Crippen LogP contribution in [0.2, 0.25) is 0 Å². The molecule has 4 heterocycles. The fourth-order valence-electron chi connectivity index (χ4n) is 4.86. The van der Waals surface area contributed by atoms with Crippen molar-refractivity contribution in [2.45, 2.75) is 20.4 Å². The summed E-state index contributed by atoms with van der Waals surface area (Å²) in [6.07, 6.45) is 1.92. The first-order valence-corrected chi connectivity index (χ1v) is 10.3. The van der Waals surface area contributed by atoms with Crippen LogP contribution in [0.15, 0.2) is 30.5 Å². The average molecular weight is 400 g/mol. The fourth-order valence-corrected chi connectivity index (χ4v) is 4.86. The van der Waals surface area contributed by atoms with Gasteiger partial charge in [0.05, 0.1) is 17.3 Å². The van der Waals surface area contributed by atoms with Gasteiger partial charge in [0.15, 0.2) is 5.82 Å². The molecular formula is C23H25N7. The molecule has 30 heavy (non-hydrogen) atoms. The van der Waals surface area contributed by atoms with E-state index in [1.165, 1.54) is 13.1 Å². The zero-order valence-electron chi connectivity index (χ0n) is 17.6. The molecule has 2 saturated heterocycles. The second-order valence-corrected chi connectivity index (χ2v) is 8.81. The van der Waals surface area contributed by atoms with Crippen LogP contribution >= 0.6 is 0 Å². The van der Waals surface area contributed by atoms with Crippen molar-refractivity contribution in [3.05, 3.63) is 52.8 Å². The summed E-state index contributed by atoms with van der Waals surface area (Å²) in [6, 6.07) is 10.2. The van der Waals surface area contributed by atoms with E-state index in [2.05, 4.69) is 44.5 Å². The summed E-state index contributed by atoms with van der Waals surface area (Å²) in [6.45, 7) is 9.01. The number of anilines is 2. The summed E-state index contributed by atoms with van der Waals surface area (Å²) in [5.41, 5.74) is 4.11. The summed E-state index contributed by atoms with van der Waals surface area (Å²) in [4.78, 5) is 9.43. The predicted octanol–water partition coefficient (Wildman–Crippen LogP) is 2.88. The third kappa shape index (κ3) is 3.04. The van der Waals surface area contributed by atoms with Gasteiger partial charge in [0.1, 0.15) is 5.82 Å². The lowest BCUT2D eigenvalue weighted by atomic mass is 9.73. The summed E-state index contributed by atoms with van der Waals surface area (Å²) in [5.74, 6) is 1.75. The summed E-state index contributed by atoms with van der Waals surface area (Å²) in [5, 5.41) is 23.5.